The number of hydrogen-bond acceptors (Lipinski definition) is 3. The van der Waals surface area contributed by atoms with Gasteiger partial charge in [-0.2, -0.15) is 0 Å². The van der Waals surface area contributed by atoms with Crippen LogP contribution in [-0.2, 0) is 19.6 Å². The van der Waals surface area contributed by atoms with Gasteiger partial charge in [0.1, 0.15) is 6.61 Å². The molecule has 0 amide bonds. The van der Waals surface area contributed by atoms with Crippen LogP contribution in [0, 0.1) is 0 Å². The second-order valence-corrected chi connectivity index (χ2v) is 7.05. The molecule has 0 unspecified atom stereocenters. The van der Waals surface area contributed by atoms with Crippen molar-refractivity contribution in [3.8, 4) is 11.5 Å². The summed E-state index contributed by atoms with van der Waals surface area (Å²) in [6.07, 6.45) is 3.09. The fraction of sp³-hybridized carbons (Fsp3) is 0.200. The maximum atomic E-state index is 5.94. The fourth-order valence-corrected chi connectivity index (χ4v) is 3.47. The predicted molar refractivity (Wildman–Crippen MR) is 117 cm³/mol. The molecule has 2 N–H and O–H groups in total. The molecule has 1 heterocycles. The number of hydrogen-bond donors (Lipinski definition) is 2. The van der Waals surface area contributed by atoms with Crippen LogP contribution in [0.25, 0.3) is 10.9 Å². The normalized spacial score (nSPS) is 10.9. The van der Waals surface area contributed by atoms with Crippen LogP contribution in [0.15, 0.2) is 79.0 Å². The lowest BCUT2D eigenvalue weighted by molar-refractivity contribution is 0.284. The quantitative estimate of drug-likeness (QED) is 0.394. The smallest absolute Gasteiger partial charge is 0.161 e. The molecule has 0 fully saturated rings. The first-order chi connectivity index (χ1) is 14.3. The van der Waals surface area contributed by atoms with Gasteiger partial charge in [0.25, 0.3) is 0 Å². The van der Waals surface area contributed by atoms with E-state index in [0.717, 1.165) is 36.6 Å². The summed E-state index contributed by atoms with van der Waals surface area (Å²) in [4.78, 5) is 3.33. The summed E-state index contributed by atoms with van der Waals surface area (Å²) in [6.45, 7) is 2.23. The van der Waals surface area contributed by atoms with E-state index in [-0.39, 0.29) is 0 Å². The topological polar surface area (TPSA) is 46.3 Å². The molecule has 0 atom stereocenters. The van der Waals surface area contributed by atoms with E-state index in [1.54, 1.807) is 7.11 Å². The first-order valence-corrected chi connectivity index (χ1v) is 9.93. The SMILES string of the molecule is COc1cc(CNCCc2c[nH]c3ccccc23)ccc1OCc1ccccc1. The van der Waals surface area contributed by atoms with Crippen LogP contribution in [0.2, 0.25) is 0 Å². The number of benzene rings is 3. The van der Waals surface area contributed by atoms with Crippen LogP contribution in [0.3, 0.4) is 0 Å². The number of fused-ring (bicyclic) bond motifs is 1. The van der Waals surface area contributed by atoms with Gasteiger partial charge in [-0.3, -0.25) is 0 Å². The number of methoxy groups -OCH3 is 1. The van der Waals surface area contributed by atoms with Crippen molar-refractivity contribution in [1.82, 2.24) is 10.3 Å². The van der Waals surface area contributed by atoms with Crippen LogP contribution in [0.4, 0.5) is 0 Å². The van der Waals surface area contributed by atoms with Crippen molar-refractivity contribution in [3.05, 3.63) is 95.7 Å². The number of H-pyrrole nitrogens is 1. The maximum Gasteiger partial charge on any atom is 0.161 e. The number of aromatic nitrogens is 1. The first-order valence-electron chi connectivity index (χ1n) is 9.93. The van der Waals surface area contributed by atoms with E-state index in [9.17, 15) is 0 Å². The third-order valence-electron chi connectivity index (χ3n) is 5.04. The number of para-hydroxylation sites is 1. The fourth-order valence-electron chi connectivity index (χ4n) is 3.47. The van der Waals surface area contributed by atoms with Gasteiger partial charge in [-0.25, -0.2) is 0 Å². The van der Waals surface area contributed by atoms with Gasteiger partial charge in [0.2, 0.25) is 0 Å². The zero-order valence-corrected chi connectivity index (χ0v) is 16.7. The van der Waals surface area contributed by atoms with Crippen molar-refractivity contribution in [2.75, 3.05) is 13.7 Å². The summed E-state index contributed by atoms with van der Waals surface area (Å²) in [6, 6.07) is 24.7. The van der Waals surface area contributed by atoms with E-state index >= 15 is 0 Å². The minimum absolute atomic E-state index is 0.527. The van der Waals surface area contributed by atoms with Gasteiger partial charge < -0.3 is 19.8 Å². The zero-order valence-electron chi connectivity index (χ0n) is 16.7. The van der Waals surface area contributed by atoms with E-state index in [1.807, 2.05) is 30.3 Å². The van der Waals surface area contributed by atoms with Crippen LogP contribution < -0.4 is 14.8 Å². The standard InChI is InChI=1S/C25H26N2O2/c1-28-25-15-20(11-12-24(25)29-18-19-7-3-2-4-8-19)16-26-14-13-21-17-27-23-10-6-5-9-22(21)23/h2-12,15,17,26-27H,13-14,16,18H2,1H3. The van der Waals surface area contributed by atoms with Gasteiger partial charge in [-0.15, -0.1) is 0 Å². The minimum Gasteiger partial charge on any atom is -0.493 e. The zero-order chi connectivity index (χ0) is 19.9. The molecule has 148 valence electrons. The van der Waals surface area contributed by atoms with E-state index in [0.29, 0.717) is 6.61 Å². The van der Waals surface area contributed by atoms with Gasteiger partial charge in [0.05, 0.1) is 7.11 Å². The molecule has 1 aromatic heterocycles. The molecule has 0 bridgehead atoms. The second kappa shape index (κ2) is 9.30. The van der Waals surface area contributed by atoms with Crippen molar-refractivity contribution in [2.24, 2.45) is 0 Å². The van der Waals surface area contributed by atoms with E-state index < -0.39 is 0 Å². The van der Waals surface area contributed by atoms with Crippen molar-refractivity contribution in [3.63, 3.8) is 0 Å². The highest BCUT2D eigenvalue weighted by atomic mass is 16.5. The molecule has 0 radical (unpaired) electrons. The van der Waals surface area contributed by atoms with E-state index in [1.165, 1.54) is 22.0 Å². The lowest BCUT2D eigenvalue weighted by Crippen LogP contribution is -2.16. The number of nitrogens with one attached hydrogen (secondary N) is 2. The lowest BCUT2D eigenvalue weighted by atomic mass is 10.1. The molecule has 4 nitrogen and oxygen atoms in total. The van der Waals surface area contributed by atoms with E-state index in [2.05, 4.69) is 59.0 Å². The molecule has 0 spiro atoms. The molecule has 4 heteroatoms. The van der Waals surface area contributed by atoms with Crippen molar-refractivity contribution in [2.45, 2.75) is 19.6 Å². The Kier molecular flexibility index (Phi) is 6.13. The largest absolute Gasteiger partial charge is 0.493 e. The van der Waals surface area contributed by atoms with Gasteiger partial charge in [-0.05, 0) is 47.9 Å². The van der Waals surface area contributed by atoms with E-state index in [4.69, 9.17) is 9.47 Å². The average Bonchev–Trinajstić information content (AvgIpc) is 3.19. The summed E-state index contributed by atoms with van der Waals surface area (Å²) in [5.74, 6) is 1.52. The summed E-state index contributed by atoms with van der Waals surface area (Å²) >= 11 is 0. The molecule has 0 aliphatic heterocycles. The van der Waals surface area contributed by atoms with Crippen molar-refractivity contribution < 1.29 is 9.47 Å². The molecule has 0 aliphatic rings. The third-order valence-corrected chi connectivity index (χ3v) is 5.04. The molecule has 3 aromatic carbocycles. The Balaban J connectivity index is 1.30. The van der Waals surface area contributed by atoms with Gasteiger partial charge in [-0.1, -0.05) is 54.6 Å². The first kappa shape index (κ1) is 19.1. The molecule has 0 saturated heterocycles. The van der Waals surface area contributed by atoms with Crippen molar-refractivity contribution >= 4 is 10.9 Å². The molecule has 4 aromatic rings. The van der Waals surface area contributed by atoms with Crippen LogP contribution in [0.5, 0.6) is 11.5 Å². The minimum atomic E-state index is 0.527. The number of aromatic amines is 1. The molecule has 4 rings (SSSR count). The Morgan fingerprint density at radius 2 is 1.69 bits per heavy atom. The summed E-state index contributed by atoms with van der Waals surface area (Å²) in [5.41, 5.74) is 4.85. The number of ether oxygens (including phenoxy) is 2. The van der Waals surface area contributed by atoms with Crippen molar-refractivity contribution in [1.29, 1.82) is 0 Å². The third kappa shape index (κ3) is 4.79. The highest BCUT2D eigenvalue weighted by Crippen LogP contribution is 2.29. The monoisotopic (exact) mass is 386 g/mol. The second-order valence-electron chi connectivity index (χ2n) is 7.05. The molecule has 29 heavy (non-hydrogen) atoms. The Bertz CT molecular complexity index is 1060. The van der Waals surface area contributed by atoms with Crippen LogP contribution in [-0.4, -0.2) is 18.6 Å². The van der Waals surface area contributed by atoms with Gasteiger partial charge >= 0.3 is 0 Å². The summed E-state index contributed by atoms with van der Waals surface area (Å²) < 4.78 is 11.5. The van der Waals surface area contributed by atoms with Gasteiger partial charge in [0.15, 0.2) is 11.5 Å². The van der Waals surface area contributed by atoms with Crippen LogP contribution in [0.1, 0.15) is 16.7 Å². The van der Waals surface area contributed by atoms with Gasteiger partial charge in [0, 0.05) is 23.6 Å². The Labute approximate surface area is 171 Å². The molecular formula is C25H26N2O2. The molecule has 0 saturated carbocycles. The number of rotatable bonds is 9. The predicted octanol–water partition coefficient (Wildman–Crippen LogP) is 5.09. The highest BCUT2D eigenvalue weighted by Gasteiger charge is 2.07. The van der Waals surface area contributed by atoms with Crippen LogP contribution >= 0.6 is 0 Å². The molecule has 0 aliphatic carbocycles. The summed E-state index contributed by atoms with van der Waals surface area (Å²) in [5, 5.41) is 4.82. The Hall–Kier alpha value is -3.24. The highest BCUT2D eigenvalue weighted by molar-refractivity contribution is 5.83. The average molecular weight is 386 g/mol. The maximum absolute atomic E-state index is 5.94. The Morgan fingerprint density at radius 3 is 2.55 bits per heavy atom. The Morgan fingerprint density at radius 1 is 0.862 bits per heavy atom. The summed E-state index contributed by atoms with van der Waals surface area (Å²) in [7, 11) is 1.68. The lowest BCUT2D eigenvalue weighted by Gasteiger charge is -2.13. The molecular weight excluding hydrogens is 360 g/mol.